The molecule has 1 amide bonds. The molecule has 3 N–H and O–H groups in total. The van der Waals surface area contributed by atoms with E-state index < -0.39 is 11.0 Å². The Hall–Kier alpha value is -2.18. The molecular formula is C20H27N3O3. The fourth-order valence-corrected chi connectivity index (χ4v) is 3.43. The van der Waals surface area contributed by atoms with Crippen LogP contribution in [0.1, 0.15) is 46.0 Å². The van der Waals surface area contributed by atoms with Gasteiger partial charge in [0.2, 0.25) is 11.8 Å². The molecule has 3 rings (SSSR count). The Balaban J connectivity index is 1.68. The van der Waals surface area contributed by atoms with Crippen molar-refractivity contribution in [2.24, 2.45) is 11.1 Å². The second-order valence-electron chi connectivity index (χ2n) is 7.47. The van der Waals surface area contributed by atoms with Crippen LogP contribution in [0.5, 0.6) is 0 Å². The number of carbonyl (C=O) groups is 1. The molecule has 0 aliphatic heterocycles. The van der Waals surface area contributed by atoms with Gasteiger partial charge in [0, 0.05) is 24.0 Å². The van der Waals surface area contributed by atoms with Crippen molar-refractivity contribution in [1.29, 1.82) is 0 Å². The van der Waals surface area contributed by atoms with Gasteiger partial charge in [-0.2, -0.15) is 0 Å². The standard InChI is InChI=1S/C20H27N3O3/c1-5-25-16-11-20(21,19(16,3)4)18(24)23-13(2)17-22-12-15(26-17)14-9-7-6-8-10-14/h6-10,12-13,16H,5,11,21H2,1-4H3,(H,23,24). The summed E-state index contributed by atoms with van der Waals surface area (Å²) in [6.45, 7) is 8.34. The largest absolute Gasteiger partial charge is 0.438 e. The SMILES string of the molecule is CCOC1CC(N)(C(=O)NC(C)c2ncc(-c3ccccc3)o2)C1(C)C. The molecule has 1 fully saturated rings. The zero-order valence-electron chi connectivity index (χ0n) is 15.8. The van der Waals surface area contributed by atoms with Crippen LogP contribution in [0.15, 0.2) is 40.9 Å². The number of carbonyl (C=O) groups excluding carboxylic acids is 1. The average molecular weight is 357 g/mol. The molecule has 6 nitrogen and oxygen atoms in total. The minimum Gasteiger partial charge on any atom is -0.438 e. The highest BCUT2D eigenvalue weighted by Gasteiger charge is 2.63. The average Bonchev–Trinajstić information content (AvgIpc) is 3.12. The van der Waals surface area contributed by atoms with Gasteiger partial charge in [0.15, 0.2) is 5.76 Å². The Morgan fingerprint density at radius 2 is 2.12 bits per heavy atom. The first-order valence-corrected chi connectivity index (χ1v) is 9.02. The van der Waals surface area contributed by atoms with Gasteiger partial charge in [0.1, 0.15) is 11.6 Å². The zero-order chi connectivity index (χ0) is 18.9. The molecule has 1 saturated carbocycles. The molecule has 1 heterocycles. The lowest BCUT2D eigenvalue weighted by atomic mass is 9.54. The monoisotopic (exact) mass is 357 g/mol. The lowest BCUT2D eigenvalue weighted by Crippen LogP contribution is -2.75. The molecule has 0 bridgehead atoms. The number of nitrogens with one attached hydrogen (secondary N) is 1. The molecule has 1 aliphatic carbocycles. The maximum Gasteiger partial charge on any atom is 0.241 e. The van der Waals surface area contributed by atoms with Crippen LogP contribution in [-0.4, -0.2) is 29.1 Å². The van der Waals surface area contributed by atoms with Crippen molar-refractivity contribution in [2.45, 2.75) is 51.8 Å². The number of benzene rings is 1. The Labute approximate surface area is 154 Å². The first-order chi connectivity index (χ1) is 12.3. The van der Waals surface area contributed by atoms with Gasteiger partial charge >= 0.3 is 0 Å². The third kappa shape index (κ3) is 3.04. The predicted octanol–water partition coefficient (Wildman–Crippen LogP) is 3.05. The Morgan fingerprint density at radius 1 is 1.42 bits per heavy atom. The van der Waals surface area contributed by atoms with E-state index in [1.807, 2.05) is 58.0 Å². The lowest BCUT2D eigenvalue weighted by molar-refractivity contribution is -0.171. The number of nitrogens with zero attached hydrogens (tertiary/aromatic N) is 1. The van der Waals surface area contributed by atoms with Crippen molar-refractivity contribution in [3.05, 3.63) is 42.4 Å². The van der Waals surface area contributed by atoms with Gasteiger partial charge in [-0.25, -0.2) is 4.98 Å². The predicted molar refractivity (Wildman–Crippen MR) is 99.2 cm³/mol. The van der Waals surface area contributed by atoms with Crippen LogP contribution in [0.2, 0.25) is 0 Å². The van der Waals surface area contributed by atoms with Crippen molar-refractivity contribution in [1.82, 2.24) is 10.3 Å². The number of hydrogen-bond acceptors (Lipinski definition) is 5. The zero-order valence-corrected chi connectivity index (χ0v) is 15.8. The number of rotatable bonds is 6. The molecule has 0 spiro atoms. The normalized spacial score (nSPS) is 25.3. The molecule has 0 radical (unpaired) electrons. The number of amides is 1. The van der Waals surface area contributed by atoms with Gasteiger partial charge in [-0.3, -0.25) is 4.79 Å². The van der Waals surface area contributed by atoms with Gasteiger partial charge < -0.3 is 20.2 Å². The van der Waals surface area contributed by atoms with E-state index in [4.69, 9.17) is 14.9 Å². The van der Waals surface area contributed by atoms with Crippen LogP contribution in [0.25, 0.3) is 11.3 Å². The molecule has 1 aromatic carbocycles. The quantitative estimate of drug-likeness (QED) is 0.829. The molecule has 3 atom stereocenters. The van der Waals surface area contributed by atoms with Crippen molar-refractivity contribution < 1.29 is 13.9 Å². The molecule has 6 heteroatoms. The fourth-order valence-electron chi connectivity index (χ4n) is 3.43. The van der Waals surface area contributed by atoms with E-state index in [2.05, 4.69) is 10.3 Å². The first kappa shape index (κ1) is 18.6. The Bertz CT molecular complexity index is 772. The van der Waals surface area contributed by atoms with Gasteiger partial charge in [-0.15, -0.1) is 0 Å². The topological polar surface area (TPSA) is 90.4 Å². The molecule has 140 valence electrons. The number of nitrogens with two attached hydrogens (primary N) is 1. The van der Waals surface area contributed by atoms with Crippen LogP contribution in [-0.2, 0) is 9.53 Å². The summed E-state index contributed by atoms with van der Waals surface area (Å²) >= 11 is 0. The van der Waals surface area contributed by atoms with Crippen molar-refractivity contribution in [2.75, 3.05) is 6.61 Å². The number of ether oxygens (including phenoxy) is 1. The maximum atomic E-state index is 12.8. The van der Waals surface area contributed by atoms with E-state index in [1.54, 1.807) is 6.20 Å². The van der Waals surface area contributed by atoms with Crippen molar-refractivity contribution in [3.63, 3.8) is 0 Å². The number of hydrogen-bond donors (Lipinski definition) is 2. The van der Waals surface area contributed by atoms with Crippen LogP contribution >= 0.6 is 0 Å². The Kier molecular flexibility index (Phi) is 4.90. The fraction of sp³-hybridized carbons (Fsp3) is 0.500. The molecule has 2 aromatic rings. The third-order valence-corrected chi connectivity index (χ3v) is 5.54. The highest BCUT2D eigenvalue weighted by Crippen LogP contribution is 2.50. The summed E-state index contributed by atoms with van der Waals surface area (Å²) in [6, 6.07) is 9.35. The maximum absolute atomic E-state index is 12.8. The van der Waals surface area contributed by atoms with Crippen molar-refractivity contribution in [3.8, 4) is 11.3 Å². The highest BCUT2D eigenvalue weighted by atomic mass is 16.5. The summed E-state index contributed by atoms with van der Waals surface area (Å²) < 4.78 is 11.5. The van der Waals surface area contributed by atoms with E-state index in [1.165, 1.54) is 0 Å². The van der Waals surface area contributed by atoms with Gasteiger partial charge in [-0.05, 0) is 13.8 Å². The molecule has 1 aliphatic rings. The summed E-state index contributed by atoms with van der Waals surface area (Å²) in [6.07, 6.45) is 2.17. The number of aromatic nitrogens is 1. The summed E-state index contributed by atoms with van der Waals surface area (Å²) in [5.74, 6) is 0.925. The number of oxazole rings is 1. The summed E-state index contributed by atoms with van der Waals surface area (Å²) in [4.78, 5) is 17.1. The minimum atomic E-state index is -0.962. The molecule has 0 saturated heterocycles. The summed E-state index contributed by atoms with van der Waals surface area (Å²) in [5, 5.41) is 2.95. The van der Waals surface area contributed by atoms with E-state index in [-0.39, 0.29) is 18.1 Å². The third-order valence-electron chi connectivity index (χ3n) is 5.54. The van der Waals surface area contributed by atoms with E-state index in [0.717, 1.165) is 5.56 Å². The van der Waals surface area contributed by atoms with E-state index in [0.29, 0.717) is 24.7 Å². The second kappa shape index (κ2) is 6.85. The smallest absolute Gasteiger partial charge is 0.241 e. The molecular weight excluding hydrogens is 330 g/mol. The van der Waals surface area contributed by atoms with Gasteiger partial charge in [0.05, 0.1) is 12.3 Å². The van der Waals surface area contributed by atoms with Gasteiger partial charge in [0.25, 0.3) is 0 Å². The highest BCUT2D eigenvalue weighted by molar-refractivity contribution is 5.89. The summed E-state index contributed by atoms with van der Waals surface area (Å²) in [7, 11) is 0. The molecule has 3 unspecified atom stereocenters. The van der Waals surface area contributed by atoms with Crippen LogP contribution < -0.4 is 11.1 Å². The minimum absolute atomic E-state index is 0.00928. The first-order valence-electron chi connectivity index (χ1n) is 9.02. The van der Waals surface area contributed by atoms with E-state index >= 15 is 0 Å². The van der Waals surface area contributed by atoms with Crippen LogP contribution in [0.3, 0.4) is 0 Å². The second-order valence-corrected chi connectivity index (χ2v) is 7.47. The van der Waals surface area contributed by atoms with Crippen molar-refractivity contribution >= 4 is 5.91 Å². The lowest BCUT2D eigenvalue weighted by Gasteiger charge is -2.57. The summed E-state index contributed by atoms with van der Waals surface area (Å²) in [5.41, 5.74) is 5.97. The van der Waals surface area contributed by atoms with E-state index in [9.17, 15) is 4.79 Å². The van der Waals surface area contributed by atoms with Crippen LogP contribution in [0.4, 0.5) is 0 Å². The van der Waals surface area contributed by atoms with Gasteiger partial charge in [-0.1, -0.05) is 44.2 Å². The van der Waals surface area contributed by atoms with Crippen LogP contribution in [0, 0.1) is 5.41 Å². The molecule has 26 heavy (non-hydrogen) atoms. The molecule has 1 aromatic heterocycles. The Morgan fingerprint density at radius 3 is 2.73 bits per heavy atom.